The number of anilines is 2. The van der Waals surface area contributed by atoms with E-state index in [0.29, 0.717) is 11.4 Å². The molecule has 0 saturated carbocycles. The van der Waals surface area contributed by atoms with E-state index in [1.807, 2.05) is 25.1 Å². The summed E-state index contributed by atoms with van der Waals surface area (Å²) in [6.07, 6.45) is 2.46. The molecule has 1 aromatic carbocycles. The molecule has 2 aromatic rings. The first-order chi connectivity index (χ1) is 9.18. The van der Waals surface area contributed by atoms with Gasteiger partial charge < -0.3 is 10.6 Å². The van der Waals surface area contributed by atoms with Crippen LogP contribution in [-0.2, 0) is 6.42 Å². The Morgan fingerprint density at radius 2 is 2.11 bits per heavy atom. The highest BCUT2D eigenvalue weighted by atomic mass is 16.2. The maximum Gasteiger partial charge on any atom is 0.279 e. The third kappa shape index (κ3) is 1.85. The van der Waals surface area contributed by atoms with E-state index in [1.54, 1.807) is 23.2 Å². The first-order valence-corrected chi connectivity index (χ1v) is 6.30. The lowest BCUT2D eigenvalue weighted by Crippen LogP contribution is -2.36. The van der Waals surface area contributed by atoms with Gasteiger partial charge in [-0.2, -0.15) is 0 Å². The highest BCUT2D eigenvalue weighted by Crippen LogP contribution is 2.33. The molecule has 0 bridgehead atoms. The summed E-state index contributed by atoms with van der Waals surface area (Å²) in [5.41, 5.74) is 8.75. The van der Waals surface area contributed by atoms with Gasteiger partial charge >= 0.3 is 0 Å². The highest BCUT2D eigenvalue weighted by molar-refractivity contribution is 6.09. The van der Waals surface area contributed by atoms with Crippen LogP contribution in [0.3, 0.4) is 0 Å². The maximum atomic E-state index is 12.6. The number of nitrogens with zero attached hydrogens (tertiary/aromatic N) is 2. The molecule has 0 aliphatic carbocycles. The average molecular weight is 253 g/mol. The van der Waals surface area contributed by atoms with Crippen LogP contribution in [0.2, 0.25) is 0 Å². The molecular formula is C15H15N3O. The Hall–Kier alpha value is -2.36. The molecule has 1 aliphatic heterocycles. The molecule has 1 unspecified atom stereocenters. The first kappa shape index (κ1) is 11.7. The van der Waals surface area contributed by atoms with Gasteiger partial charge in [0.05, 0.1) is 5.69 Å². The number of fused-ring (bicyclic) bond motifs is 1. The molecule has 4 nitrogen and oxygen atoms in total. The number of rotatable bonds is 1. The molecule has 3 rings (SSSR count). The van der Waals surface area contributed by atoms with Crippen molar-refractivity contribution in [1.82, 2.24) is 4.98 Å². The van der Waals surface area contributed by atoms with Crippen molar-refractivity contribution in [3.63, 3.8) is 0 Å². The molecule has 1 atom stereocenters. The van der Waals surface area contributed by atoms with Crippen LogP contribution >= 0.6 is 0 Å². The zero-order valence-electron chi connectivity index (χ0n) is 10.7. The molecule has 0 fully saturated rings. The normalized spacial score (nSPS) is 17.3. The van der Waals surface area contributed by atoms with Gasteiger partial charge in [-0.3, -0.25) is 4.79 Å². The average Bonchev–Trinajstić information content (AvgIpc) is 2.74. The van der Waals surface area contributed by atoms with Gasteiger partial charge in [-0.25, -0.2) is 4.98 Å². The van der Waals surface area contributed by atoms with Crippen LogP contribution in [0.25, 0.3) is 0 Å². The summed E-state index contributed by atoms with van der Waals surface area (Å²) >= 11 is 0. The van der Waals surface area contributed by atoms with E-state index in [-0.39, 0.29) is 11.9 Å². The van der Waals surface area contributed by atoms with E-state index < -0.39 is 0 Å². The lowest BCUT2D eigenvalue weighted by molar-refractivity contribution is 0.0977. The predicted molar refractivity (Wildman–Crippen MR) is 75.1 cm³/mol. The molecule has 1 amide bonds. The topological polar surface area (TPSA) is 59.2 Å². The Morgan fingerprint density at radius 3 is 2.89 bits per heavy atom. The Morgan fingerprint density at radius 1 is 1.32 bits per heavy atom. The van der Waals surface area contributed by atoms with Crippen molar-refractivity contribution in [2.75, 3.05) is 10.6 Å². The molecule has 1 aromatic heterocycles. The van der Waals surface area contributed by atoms with Crippen molar-refractivity contribution in [3.05, 3.63) is 53.9 Å². The summed E-state index contributed by atoms with van der Waals surface area (Å²) in [5.74, 6) is -0.129. The number of hydrogen-bond acceptors (Lipinski definition) is 3. The van der Waals surface area contributed by atoms with Crippen molar-refractivity contribution >= 4 is 17.3 Å². The van der Waals surface area contributed by atoms with Crippen LogP contribution < -0.4 is 10.6 Å². The number of pyridine rings is 1. The number of benzene rings is 1. The van der Waals surface area contributed by atoms with Gasteiger partial charge in [-0.15, -0.1) is 0 Å². The smallest absolute Gasteiger partial charge is 0.279 e. The van der Waals surface area contributed by atoms with Gasteiger partial charge in [0.1, 0.15) is 0 Å². The molecule has 96 valence electrons. The molecule has 0 saturated heterocycles. The minimum absolute atomic E-state index is 0.129. The van der Waals surface area contributed by atoms with Crippen molar-refractivity contribution in [3.8, 4) is 0 Å². The fourth-order valence-electron chi connectivity index (χ4n) is 2.59. The van der Waals surface area contributed by atoms with Gasteiger partial charge in [-0.1, -0.05) is 18.2 Å². The number of nitrogens with two attached hydrogens (primary N) is 1. The van der Waals surface area contributed by atoms with Gasteiger partial charge in [0, 0.05) is 17.9 Å². The summed E-state index contributed by atoms with van der Waals surface area (Å²) in [6.45, 7) is 2.04. The Balaban J connectivity index is 2.03. The highest BCUT2D eigenvalue weighted by Gasteiger charge is 2.32. The lowest BCUT2D eigenvalue weighted by Gasteiger charge is -2.22. The molecular weight excluding hydrogens is 238 g/mol. The number of carbonyl (C=O) groups excluding carboxylic acids is 1. The zero-order valence-corrected chi connectivity index (χ0v) is 10.7. The molecule has 19 heavy (non-hydrogen) atoms. The van der Waals surface area contributed by atoms with E-state index in [0.717, 1.165) is 12.1 Å². The largest absolute Gasteiger partial charge is 0.397 e. The predicted octanol–water partition coefficient (Wildman–Crippen LogP) is 2.26. The summed E-state index contributed by atoms with van der Waals surface area (Å²) in [6, 6.07) is 11.5. The summed E-state index contributed by atoms with van der Waals surface area (Å²) in [7, 11) is 0. The zero-order chi connectivity index (χ0) is 13.4. The van der Waals surface area contributed by atoms with Gasteiger partial charge in [0.15, 0.2) is 5.69 Å². The van der Waals surface area contributed by atoms with Crippen LogP contribution in [0.1, 0.15) is 23.0 Å². The van der Waals surface area contributed by atoms with E-state index in [9.17, 15) is 4.79 Å². The van der Waals surface area contributed by atoms with Gasteiger partial charge in [-0.05, 0) is 37.1 Å². The Bertz CT molecular complexity index is 639. The van der Waals surface area contributed by atoms with Crippen molar-refractivity contribution in [2.24, 2.45) is 0 Å². The van der Waals surface area contributed by atoms with Gasteiger partial charge in [0.25, 0.3) is 5.91 Å². The van der Waals surface area contributed by atoms with Crippen LogP contribution in [-0.4, -0.2) is 16.9 Å². The van der Waals surface area contributed by atoms with Crippen molar-refractivity contribution in [1.29, 1.82) is 0 Å². The van der Waals surface area contributed by atoms with Crippen molar-refractivity contribution < 1.29 is 4.79 Å². The third-order valence-corrected chi connectivity index (χ3v) is 3.47. The van der Waals surface area contributed by atoms with Crippen LogP contribution in [0.5, 0.6) is 0 Å². The van der Waals surface area contributed by atoms with E-state index >= 15 is 0 Å². The standard InChI is InChI=1S/C15H15N3O/c1-10-9-11-5-2-3-7-13(11)18(10)15(19)14-12(16)6-4-8-17-14/h2-8,10H,9,16H2,1H3. The second kappa shape index (κ2) is 4.39. The summed E-state index contributed by atoms with van der Waals surface area (Å²) < 4.78 is 0. The summed E-state index contributed by atoms with van der Waals surface area (Å²) in [5, 5.41) is 0. The minimum Gasteiger partial charge on any atom is -0.397 e. The second-order valence-corrected chi connectivity index (χ2v) is 4.80. The van der Waals surface area contributed by atoms with Crippen LogP contribution in [0, 0.1) is 0 Å². The number of aromatic nitrogens is 1. The number of nitrogen functional groups attached to an aromatic ring is 1. The first-order valence-electron chi connectivity index (χ1n) is 6.30. The fourth-order valence-corrected chi connectivity index (χ4v) is 2.59. The molecule has 1 aliphatic rings. The summed E-state index contributed by atoms with van der Waals surface area (Å²) in [4.78, 5) is 18.5. The van der Waals surface area contributed by atoms with E-state index in [4.69, 9.17) is 5.73 Å². The number of carbonyl (C=O) groups is 1. The SMILES string of the molecule is CC1Cc2ccccc2N1C(=O)c1ncccc1N. The number of para-hydroxylation sites is 1. The monoisotopic (exact) mass is 253 g/mol. The molecule has 0 spiro atoms. The maximum absolute atomic E-state index is 12.6. The van der Waals surface area contributed by atoms with Crippen LogP contribution in [0.15, 0.2) is 42.6 Å². The van der Waals surface area contributed by atoms with Crippen LogP contribution in [0.4, 0.5) is 11.4 Å². The number of amides is 1. The Labute approximate surface area is 111 Å². The van der Waals surface area contributed by atoms with Crippen molar-refractivity contribution in [2.45, 2.75) is 19.4 Å². The van der Waals surface area contributed by atoms with E-state index in [1.165, 1.54) is 5.56 Å². The van der Waals surface area contributed by atoms with E-state index in [2.05, 4.69) is 11.1 Å². The quantitative estimate of drug-likeness (QED) is 0.848. The Kier molecular flexibility index (Phi) is 2.71. The van der Waals surface area contributed by atoms with Gasteiger partial charge in [0.2, 0.25) is 0 Å². The molecule has 0 radical (unpaired) electrons. The molecule has 2 N–H and O–H groups in total. The molecule has 4 heteroatoms. The third-order valence-electron chi connectivity index (χ3n) is 3.47. The number of hydrogen-bond donors (Lipinski definition) is 1. The fraction of sp³-hybridized carbons (Fsp3) is 0.200. The minimum atomic E-state index is -0.129. The lowest BCUT2D eigenvalue weighted by atomic mass is 10.1. The molecule has 2 heterocycles. The second-order valence-electron chi connectivity index (χ2n) is 4.80.